The van der Waals surface area contributed by atoms with Crippen molar-refractivity contribution in [2.24, 2.45) is 17.8 Å². The molecular formula is C22H38N4O2. The van der Waals surface area contributed by atoms with E-state index in [1.165, 1.54) is 12.8 Å². The minimum atomic E-state index is 0.117. The zero-order valence-electron chi connectivity index (χ0n) is 17.7. The number of nitrogens with one attached hydrogen (secondary N) is 1. The Morgan fingerprint density at radius 1 is 1.14 bits per heavy atom. The molecule has 0 spiro atoms. The molecule has 28 heavy (non-hydrogen) atoms. The number of nitrogens with zero attached hydrogens (tertiary/aromatic N) is 3. The number of carbonyl (C=O) groups is 2. The fourth-order valence-electron chi connectivity index (χ4n) is 5.96. The van der Waals surface area contributed by atoms with E-state index in [0.717, 1.165) is 71.4 Å². The molecule has 3 atom stereocenters. The average Bonchev–Trinajstić information content (AvgIpc) is 2.68. The van der Waals surface area contributed by atoms with E-state index in [0.29, 0.717) is 35.7 Å². The minimum Gasteiger partial charge on any atom is -0.339 e. The standard InChI is InChI=1S/C22H38N4O2/c1-16(2)6-9-23-22(28)24-10-7-19(8-11-24)25-13-17-12-18(15-25)20-4-3-5-21(27)26(20)14-17/h16-20H,3-15H2,1-2H3,(H,23,28)/t17-,18-,20-/m1/s1. The van der Waals surface area contributed by atoms with Gasteiger partial charge in [0.2, 0.25) is 5.91 Å². The molecule has 2 bridgehead atoms. The molecule has 4 aliphatic heterocycles. The lowest BCUT2D eigenvalue weighted by Crippen LogP contribution is -2.62. The molecule has 4 fully saturated rings. The van der Waals surface area contributed by atoms with Gasteiger partial charge in [-0.1, -0.05) is 13.8 Å². The normalized spacial score (nSPS) is 31.8. The lowest BCUT2D eigenvalue weighted by atomic mass is 9.75. The van der Waals surface area contributed by atoms with Crippen LogP contribution in [0.2, 0.25) is 0 Å². The van der Waals surface area contributed by atoms with Crippen LogP contribution >= 0.6 is 0 Å². The van der Waals surface area contributed by atoms with Crippen LogP contribution in [0.4, 0.5) is 4.79 Å². The number of hydrogen-bond acceptors (Lipinski definition) is 3. The maximum atomic E-state index is 12.4. The van der Waals surface area contributed by atoms with E-state index in [4.69, 9.17) is 0 Å². The van der Waals surface area contributed by atoms with E-state index in [-0.39, 0.29) is 6.03 Å². The zero-order chi connectivity index (χ0) is 19.7. The van der Waals surface area contributed by atoms with Gasteiger partial charge in [0.1, 0.15) is 0 Å². The molecule has 0 aromatic carbocycles. The summed E-state index contributed by atoms with van der Waals surface area (Å²) < 4.78 is 0. The number of piperidine rings is 4. The van der Waals surface area contributed by atoms with Crippen molar-refractivity contribution in [3.05, 3.63) is 0 Å². The molecule has 6 heteroatoms. The topological polar surface area (TPSA) is 55.9 Å². The Hall–Kier alpha value is -1.30. The van der Waals surface area contributed by atoms with Crippen LogP contribution in [0, 0.1) is 17.8 Å². The Bertz CT molecular complexity index is 573. The first-order valence-corrected chi connectivity index (χ1v) is 11.6. The predicted molar refractivity (Wildman–Crippen MR) is 110 cm³/mol. The molecule has 3 amide bonds. The van der Waals surface area contributed by atoms with Gasteiger partial charge in [0.25, 0.3) is 0 Å². The summed E-state index contributed by atoms with van der Waals surface area (Å²) in [6, 6.07) is 1.22. The smallest absolute Gasteiger partial charge is 0.317 e. The molecule has 0 aliphatic carbocycles. The number of fused-ring (bicyclic) bond motifs is 4. The van der Waals surface area contributed by atoms with Crippen LogP contribution in [0.25, 0.3) is 0 Å². The fraction of sp³-hybridized carbons (Fsp3) is 0.909. The molecule has 1 N–H and O–H groups in total. The Balaban J connectivity index is 1.27. The van der Waals surface area contributed by atoms with Crippen LogP contribution in [0.15, 0.2) is 0 Å². The van der Waals surface area contributed by atoms with E-state index in [1.54, 1.807) is 0 Å². The van der Waals surface area contributed by atoms with Crippen molar-refractivity contribution in [3.8, 4) is 0 Å². The van der Waals surface area contributed by atoms with Gasteiger partial charge in [0.05, 0.1) is 0 Å². The van der Waals surface area contributed by atoms with E-state index in [9.17, 15) is 9.59 Å². The van der Waals surface area contributed by atoms with Crippen molar-refractivity contribution in [2.45, 2.75) is 70.9 Å². The highest BCUT2D eigenvalue weighted by atomic mass is 16.2. The third kappa shape index (κ3) is 4.32. The second-order valence-electron chi connectivity index (χ2n) is 9.95. The largest absolute Gasteiger partial charge is 0.339 e. The highest BCUT2D eigenvalue weighted by molar-refractivity contribution is 5.77. The first-order valence-electron chi connectivity index (χ1n) is 11.6. The van der Waals surface area contributed by atoms with E-state index < -0.39 is 0 Å². The number of urea groups is 1. The Kier molecular flexibility index (Phi) is 6.14. The van der Waals surface area contributed by atoms with Crippen molar-refractivity contribution >= 4 is 11.9 Å². The van der Waals surface area contributed by atoms with Gasteiger partial charge in [-0.3, -0.25) is 9.69 Å². The van der Waals surface area contributed by atoms with Gasteiger partial charge in [-0.15, -0.1) is 0 Å². The van der Waals surface area contributed by atoms with Crippen LogP contribution in [-0.2, 0) is 4.79 Å². The average molecular weight is 391 g/mol. The van der Waals surface area contributed by atoms with Crippen LogP contribution < -0.4 is 5.32 Å². The highest BCUT2D eigenvalue weighted by Gasteiger charge is 2.45. The molecule has 4 saturated heterocycles. The summed E-state index contributed by atoms with van der Waals surface area (Å²) in [6.45, 7) is 10.2. The third-order valence-corrected chi connectivity index (χ3v) is 7.47. The number of carbonyl (C=O) groups excluding carboxylic acids is 2. The van der Waals surface area contributed by atoms with Gasteiger partial charge in [-0.25, -0.2) is 4.79 Å². The fourth-order valence-corrected chi connectivity index (χ4v) is 5.96. The minimum absolute atomic E-state index is 0.117. The number of rotatable bonds is 4. The summed E-state index contributed by atoms with van der Waals surface area (Å²) in [4.78, 5) is 31.6. The van der Waals surface area contributed by atoms with Gasteiger partial charge >= 0.3 is 6.03 Å². The molecule has 0 aromatic rings. The van der Waals surface area contributed by atoms with Crippen LogP contribution in [-0.4, -0.2) is 78.0 Å². The van der Waals surface area contributed by atoms with Crippen molar-refractivity contribution in [3.63, 3.8) is 0 Å². The molecule has 4 rings (SSSR count). The van der Waals surface area contributed by atoms with Crippen molar-refractivity contribution in [1.29, 1.82) is 0 Å². The summed E-state index contributed by atoms with van der Waals surface area (Å²) in [5, 5.41) is 3.08. The highest BCUT2D eigenvalue weighted by Crippen LogP contribution is 2.39. The molecule has 4 heterocycles. The van der Waals surface area contributed by atoms with Crippen LogP contribution in [0.1, 0.15) is 58.8 Å². The Morgan fingerprint density at radius 2 is 1.93 bits per heavy atom. The van der Waals surface area contributed by atoms with Gasteiger partial charge in [0.15, 0.2) is 0 Å². The molecule has 6 nitrogen and oxygen atoms in total. The zero-order valence-corrected chi connectivity index (χ0v) is 17.7. The van der Waals surface area contributed by atoms with Crippen molar-refractivity contribution in [2.75, 3.05) is 39.3 Å². The molecule has 0 radical (unpaired) electrons. The second-order valence-corrected chi connectivity index (χ2v) is 9.95. The maximum Gasteiger partial charge on any atom is 0.317 e. The Labute approximate surface area is 170 Å². The monoisotopic (exact) mass is 390 g/mol. The van der Waals surface area contributed by atoms with E-state index in [1.807, 2.05) is 4.90 Å². The Morgan fingerprint density at radius 3 is 2.68 bits per heavy atom. The maximum absolute atomic E-state index is 12.4. The lowest BCUT2D eigenvalue weighted by Gasteiger charge is -2.54. The van der Waals surface area contributed by atoms with Crippen LogP contribution in [0.3, 0.4) is 0 Å². The summed E-state index contributed by atoms with van der Waals surface area (Å²) in [5.74, 6) is 2.33. The second kappa shape index (κ2) is 8.60. The van der Waals surface area contributed by atoms with Crippen LogP contribution in [0.5, 0.6) is 0 Å². The molecular weight excluding hydrogens is 352 g/mol. The van der Waals surface area contributed by atoms with Gasteiger partial charge in [-0.2, -0.15) is 0 Å². The number of hydrogen-bond donors (Lipinski definition) is 1. The third-order valence-electron chi connectivity index (χ3n) is 7.47. The van der Waals surface area contributed by atoms with Crippen molar-refractivity contribution < 1.29 is 9.59 Å². The van der Waals surface area contributed by atoms with Gasteiger partial charge in [0, 0.05) is 57.8 Å². The SMILES string of the molecule is CC(C)CCNC(=O)N1CCC(N2C[C@H]3C[C@H](C2)[C@H]2CCCC(=O)N2C3)CC1. The first-order chi connectivity index (χ1) is 13.5. The molecule has 158 valence electrons. The summed E-state index contributed by atoms with van der Waals surface area (Å²) in [6.07, 6.45) is 7.56. The van der Waals surface area contributed by atoms with Crippen molar-refractivity contribution in [1.82, 2.24) is 20.0 Å². The summed E-state index contributed by atoms with van der Waals surface area (Å²) in [5.41, 5.74) is 0. The number of amides is 3. The number of likely N-dealkylation sites (tertiary alicyclic amines) is 2. The summed E-state index contributed by atoms with van der Waals surface area (Å²) >= 11 is 0. The molecule has 0 unspecified atom stereocenters. The van der Waals surface area contributed by atoms with E-state index in [2.05, 4.69) is 29.0 Å². The first kappa shape index (κ1) is 20.0. The predicted octanol–water partition coefficient (Wildman–Crippen LogP) is 2.54. The molecule has 0 aromatic heterocycles. The molecule has 0 saturated carbocycles. The molecule has 4 aliphatic rings. The van der Waals surface area contributed by atoms with E-state index >= 15 is 0 Å². The van der Waals surface area contributed by atoms with Gasteiger partial charge < -0.3 is 15.1 Å². The van der Waals surface area contributed by atoms with Gasteiger partial charge in [-0.05, 0) is 56.3 Å². The quantitative estimate of drug-likeness (QED) is 0.803. The summed E-state index contributed by atoms with van der Waals surface area (Å²) in [7, 11) is 0. The lowest BCUT2D eigenvalue weighted by molar-refractivity contribution is -0.145.